The van der Waals surface area contributed by atoms with Gasteiger partial charge in [-0.3, -0.25) is 9.59 Å². The van der Waals surface area contributed by atoms with Crippen LogP contribution in [0.5, 0.6) is 0 Å². The van der Waals surface area contributed by atoms with Crippen LogP contribution in [0.15, 0.2) is 99.3 Å². The number of rotatable bonds is 24. The van der Waals surface area contributed by atoms with Crippen molar-refractivity contribution >= 4 is 50.8 Å². The number of ketones is 2. The second kappa shape index (κ2) is 27.5. The van der Waals surface area contributed by atoms with Gasteiger partial charge >= 0.3 is 0 Å². The van der Waals surface area contributed by atoms with Crippen molar-refractivity contribution in [1.29, 1.82) is 0 Å². The Bertz CT molecular complexity index is 3020. The molecule has 0 aliphatic carbocycles. The van der Waals surface area contributed by atoms with Crippen LogP contribution in [0.1, 0.15) is 203 Å². The number of allylic oxidation sites excluding steroid dienone is 4. The number of hydrogen-bond acceptors (Lipinski definition) is 4. The average molecular weight is 1050 g/mol. The van der Waals surface area contributed by atoms with E-state index >= 15 is 9.59 Å². The van der Waals surface area contributed by atoms with Crippen LogP contribution in [0.4, 0.5) is 0 Å². The van der Waals surface area contributed by atoms with Crippen molar-refractivity contribution in [2.24, 2.45) is 9.98 Å². The summed E-state index contributed by atoms with van der Waals surface area (Å²) in [5.74, 6) is 6.79. The highest BCUT2D eigenvalue weighted by Gasteiger charge is 2.33. The van der Waals surface area contributed by atoms with Crippen LogP contribution in [0, 0.1) is 22.9 Å². The van der Waals surface area contributed by atoms with Crippen LogP contribution < -0.4 is 0 Å². The number of hydrogen-bond donors (Lipinski definition) is 2. The third-order valence-electron chi connectivity index (χ3n) is 14.6. The Morgan fingerprint density at radius 3 is 1.53 bits per heavy atom. The van der Waals surface area contributed by atoms with Crippen LogP contribution in [0.2, 0.25) is 39.3 Å². The van der Waals surface area contributed by atoms with Crippen LogP contribution in [-0.2, 0) is 25.7 Å². The number of benzene rings is 2. The van der Waals surface area contributed by atoms with Gasteiger partial charge in [-0.25, -0.2) is 9.98 Å². The molecule has 3 aliphatic heterocycles. The number of fused-ring (bicyclic) bond motifs is 6. The molecule has 8 heteroatoms. The molecule has 4 aromatic rings. The summed E-state index contributed by atoms with van der Waals surface area (Å²) in [5, 5.41) is 0. The Labute approximate surface area is 460 Å². The largest absolute Gasteiger partial charge is 0.351 e. The summed E-state index contributed by atoms with van der Waals surface area (Å²) in [6.07, 6.45) is 28.1. The lowest BCUT2D eigenvalue weighted by Crippen LogP contribution is -2.17. The molecule has 0 saturated carbocycles. The predicted molar refractivity (Wildman–Crippen MR) is 330 cm³/mol. The van der Waals surface area contributed by atoms with Gasteiger partial charge in [0.2, 0.25) is 11.6 Å². The van der Waals surface area contributed by atoms with E-state index in [1.165, 1.54) is 5.56 Å². The quantitative estimate of drug-likeness (QED) is 0.0416. The summed E-state index contributed by atoms with van der Waals surface area (Å²) in [7, 11) is -3.04. The number of nitrogens with one attached hydrogen (secondary N) is 2. The summed E-state index contributed by atoms with van der Waals surface area (Å²) >= 11 is 0. The van der Waals surface area contributed by atoms with Crippen molar-refractivity contribution in [3.05, 3.63) is 140 Å². The number of unbranched alkanes of at least 4 members (excludes halogenated alkanes) is 12. The van der Waals surface area contributed by atoms with Crippen LogP contribution in [-0.4, -0.2) is 49.1 Å². The number of carbonyl (C=O) groups excluding carboxylic acids is 2. The molecule has 0 amide bonds. The van der Waals surface area contributed by atoms with Gasteiger partial charge in [0.25, 0.3) is 0 Å². The van der Waals surface area contributed by atoms with Gasteiger partial charge in [0.15, 0.2) is 0 Å². The van der Waals surface area contributed by atoms with Crippen LogP contribution >= 0.6 is 0 Å². The van der Waals surface area contributed by atoms with E-state index in [9.17, 15) is 0 Å². The maximum absolute atomic E-state index is 15.9. The molecule has 2 aromatic heterocycles. The Kier molecular flexibility index (Phi) is 20.9. The second-order valence-electron chi connectivity index (χ2n) is 23.7. The molecule has 6 nitrogen and oxygen atoms in total. The number of H-pyrrole nitrogens is 2. The fraction of sp³-hybridized carbons (Fsp3) is 0.471. The van der Waals surface area contributed by atoms with Crippen molar-refractivity contribution in [3.8, 4) is 34.1 Å². The maximum Gasteiger partial charge on any atom is 0.228 e. The molecule has 0 saturated heterocycles. The summed E-state index contributed by atoms with van der Waals surface area (Å²) < 4.78 is 0. The van der Waals surface area contributed by atoms with E-state index in [-0.39, 0.29) is 11.6 Å². The highest BCUT2D eigenvalue weighted by molar-refractivity contribution is 6.84. The first-order chi connectivity index (χ1) is 36.6. The van der Waals surface area contributed by atoms with Gasteiger partial charge in [-0.05, 0) is 120 Å². The SMILES string of the molecule is CCCCCCC1=CC2=Cc3[nH]c(c(CCCCCC)c3-c3ccc(CC#C[Si](C)(C)C)cc3)C(=O)C3=NC(=C(c4ccc(CC#C[Si](C)(C)C)cc4)c4cc(CCCCCC)c([nH]4)C(=O)C1=N2)C=C3CCCCCC. The number of aromatic nitrogens is 2. The lowest BCUT2D eigenvalue weighted by atomic mass is 9.91. The molecular formula is C68H88N4O2Si2. The van der Waals surface area contributed by atoms with Crippen molar-refractivity contribution in [3.63, 3.8) is 0 Å². The molecule has 5 heterocycles. The number of aryl methyl sites for hydroxylation is 1. The van der Waals surface area contributed by atoms with Gasteiger partial charge < -0.3 is 9.97 Å². The average Bonchev–Trinajstić information content (AvgIpc) is 4.19. The molecule has 7 rings (SSSR count). The lowest BCUT2D eigenvalue weighted by molar-refractivity contribution is 0.105. The number of carbonyl (C=O) groups is 2. The Balaban J connectivity index is 1.50. The normalized spacial score (nSPS) is 14.5. The highest BCUT2D eigenvalue weighted by Crippen LogP contribution is 2.40. The van der Waals surface area contributed by atoms with E-state index < -0.39 is 16.1 Å². The smallest absolute Gasteiger partial charge is 0.228 e. The number of Topliss-reactive ketones (excluding diaryl/α,β-unsaturated/α-hetero) is 2. The zero-order valence-corrected chi connectivity index (χ0v) is 50.2. The maximum atomic E-state index is 15.9. The standard InChI is InChI=1S/C68H88N4O2Si2/c1-11-15-19-23-31-53-45-56-48-60-61(51-39-35-49(36-40-51)29-27-43-75(5,6)7)57(34-26-22-18-14-4)66(72-60)68(74)65-55(33-25-21-17-13-3)47-59(71-65)62(52-41-37-50(38-42-52)30-28-44-76(8,9)10)58-46-54(32-24-20-16-12-2)64(70-58)67(73)63(53)69-56/h35-42,45-48,70,72H,11-26,29-34H2,1-10H3. The highest BCUT2D eigenvalue weighted by atomic mass is 28.3. The topological polar surface area (TPSA) is 90.4 Å². The fourth-order valence-corrected chi connectivity index (χ4v) is 11.8. The Hall–Kier alpha value is -5.81. The molecule has 76 heavy (non-hydrogen) atoms. The Morgan fingerprint density at radius 1 is 0.500 bits per heavy atom. The molecule has 0 radical (unpaired) electrons. The molecule has 2 aromatic carbocycles. The van der Waals surface area contributed by atoms with E-state index in [2.05, 4.69) is 173 Å². The summed E-state index contributed by atoms with van der Waals surface area (Å²) in [6, 6.07) is 19.7. The van der Waals surface area contributed by atoms with E-state index in [1.54, 1.807) is 0 Å². The van der Waals surface area contributed by atoms with E-state index in [1.807, 2.05) is 0 Å². The minimum atomic E-state index is -1.53. The molecule has 0 fully saturated rings. The van der Waals surface area contributed by atoms with E-state index in [0.717, 1.165) is 201 Å². The molecule has 2 N–H and O–H groups in total. The van der Waals surface area contributed by atoms with Gasteiger partial charge in [-0.15, -0.1) is 22.9 Å². The zero-order valence-electron chi connectivity index (χ0n) is 48.2. The summed E-state index contributed by atoms with van der Waals surface area (Å²) in [5.41, 5.74) is 22.6. The van der Waals surface area contributed by atoms with Crippen molar-refractivity contribution in [1.82, 2.24) is 9.97 Å². The van der Waals surface area contributed by atoms with Gasteiger partial charge in [-0.2, -0.15) is 0 Å². The van der Waals surface area contributed by atoms with Crippen LogP contribution in [0.3, 0.4) is 0 Å². The molecule has 8 bridgehead atoms. The minimum Gasteiger partial charge on any atom is -0.351 e. The van der Waals surface area contributed by atoms with Crippen molar-refractivity contribution in [2.75, 3.05) is 0 Å². The molecule has 0 unspecified atom stereocenters. The van der Waals surface area contributed by atoms with Crippen LogP contribution in [0.25, 0.3) is 22.8 Å². The van der Waals surface area contributed by atoms with Crippen molar-refractivity contribution < 1.29 is 9.59 Å². The molecule has 3 aliphatic rings. The molecular weight excluding hydrogens is 961 g/mol. The van der Waals surface area contributed by atoms with Gasteiger partial charge in [0, 0.05) is 35.4 Å². The molecule has 400 valence electrons. The van der Waals surface area contributed by atoms with E-state index in [4.69, 9.17) is 9.98 Å². The predicted octanol–water partition coefficient (Wildman–Crippen LogP) is 18.0. The van der Waals surface area contributed by atoms with E-state index in [0.29, 0.717) is 35.7 Å². The third kappa shape index (κ3) is 15.7. The minimum absolute atomic E-state index is 0.0654. The van der Waals surface area contributed by atoms with Gasteiger partial charge in [-0.1, -0.05) is 193 Å². The molecule has 0 atom stereocenters. The Morgan fingerprint density at radius 2 is 0.987 bits per heavy atom. The fourth-order valence-electron chi connectivity index (χ4n) is 10.6. The first-order valence-electron chi connectivity index (χ1n) is 29.4. The number of nitrogens with zero attached hydrogens (tertiary/aromatic N) is 2. The third-order valence-corrected chi connectivity index (χ3v) is 16.5. The summed E-state index contributed by atoms with van der Waals surface area (Å²) in [6.45, 7) is 22.6. The lowest BCUT2D eigenvalue weighted by Gasteiger charge is -2.11. The second-order valence-corrected chi connectivity index (χ2v) is 33.2. The number of aromatic amines is 2. The van der Waals surface area contributed by atoms with Gasteiger partial charge in [0.1, 0.15) is 27.6 Å². The monoisotopic (exact) mass is 1050 g/mol. The summed E-state index contributed by atoms with van der Waals surface area (Å²) in [4.78, 5) is 49.9. The van der Waals surface area contributed by atoms with Gasteiger partial charge in [0.05, 0.1) is 22.8 Å². The van der Waals surface area contributed by atoms with Crippen molar-refractivity contribution in [2.45, 2.75) is 208 Å². The first-order valence-corrected chi connectivity index (χ1v) is 36.4. The number of aliphatic imine (C=N–C) groups is 2. The first kappa shape index (κ1) is 57.9. The zero-order chi connectivity index (χ0) is 54.2. The molecule has 0 spiro atoms.